The molecule has 17 heavy (non-hydrogen) atoms. The summed E-state index contributed by atoms with van der Waals surface area (Å²) in [5, 5.41) is 3.25. The van der Waals surface area contributed by atoms with Crippen molar-refractivity contribution in [1.82, 2.24) is 10.2 Å². The predicted molar refractivity (Wildman–Crippen MR) is 75.5 cm³/mol. The second kappa shape index (κ2) is 6.18. The van der Waals surface area contributed by atoms with Crippen molar-refractivity contribution in [3.05, 3.63) is 35.4 Å². The quantitative estimate of drug-likeness (QED) is 0.813. The summed E-state index contributed by atoms with van der Waals surface area (Å²) in [7, 11) is 4.21. The molecule has 1 rings (SSSR count). The van der Waals surface area contributed by atoms with Crippen molar-refractivity contribution in [1.29, 1.82) is 0 Å². The molecule has 0 atom stereocenters. The van der Waals surface area contributed by atoms with E-state index in [9.17, 15) is 0 Å². The predicted octanol–water partition coefficient (Wildman–Crippen LogP) is 2.47. The van der Waals surface area contributed by atoms with Crippen molar-refractivity contribution in [2.24, 2.45) is 0 Å². The number of rotatable bonds is 6. The van der Waals surface area contributed by atoms with E-state index in [0.29, 0.717) is 0 Å². The molecule has 0 aliphatic carbocycles. The van der Waals surface area contributed by atoms with Gasteiger partial charge in [0.05, 0.1) is 0 Å². The zero-order valence-electron chi connectivity index (χ0n) is 11.9. The zero-order valence-corrected chi connectivity index (χ0v) is 11.9. The third kappa shape index (κ3) is 4.49. The van der Waals surface area contributed by atoms with E-state index >= 15 is 0 Å². The van der Waals surface area contributed by atoms with Gasteiger partial charge in [-0.3, -0.25) is 4.90 Å². The molecular weight excluding hydrogens is 208 g/mol. The summed E-state index contributed by atoms with van der Waals surface area (Å²) < 4.78 is 0. The molecule has 1 N–H and O–H groups in total. The molecule has 2 nitrogen and oxygen atoms in total. The molecule has 0 saturated heterocycles. The van der Waals surface area contributed by atoms with Crippen LogP contribution >= 0.6 is 0 Å². The molecule has 0 aromatic heterocycles. The van der Waals surface area contributed by atoms with Crippen LogP contribution in [0.2, 0.25) is 0 Å². The van der Waals surface area contributed by atoms with Gasteiger partial charge in [0.15, 0.2) is 0 Å². The van der Waals surface area contributed by atoms with Gasteiger partial charge in [0.25, 0.3) is 0 Å². The van der Waals surface area contributed by atoms with Crippen LogP contribution in [0.1, 0.15) is 25.0 Å². The molecule has 0 aliphatic heterocycles. The van der Waals surface area contributed by atoms with Gasteiger partial charge in [0.2, 0.25) is 0 Å². The highest BCUT2D eigenvalue weighted by molar-refractivity contribution is 5.21. The minimum Gasteiger partial charge on any atom is -0.318 e. The van der Waals surface area contributed by atoms with E-state index < -0.39 is 0 Å². The maximum absolute atomic E-state index is 3.25. The van der Waals surface area contributed by atoms with Crippen LogP contribution in [0.3, 0.4) is 0 Å². The van der Waals surface area contributed by atoms with Gasteiger partial charge in [-0.2, -0.15) is 0 Å². The highest BCUT2D eigenvalue weighted by Crippen LogP contribution is 2.12. The van der Waals surface area contributed by atoms with Crippen molar-refractivity contribution >= 4 is 0 Å². The third-order valence-corrected chi connectivity index (χ3v) is 3.50. The van der Waals surface area contributed by atoms with E-state index in [1.165, 1.54) is 11.1 Å². The fourth-order valence-electron chi connectivity index (χ4n) is 1.92. The second-order valence-electron chi connectivity index (χ2n) is 5.50. The van der Waals surface area contributed by atoms with E-state index in [0.717, 1.165) is 19.5 Å². The summed E-state index contributed by atoms with van der Waals surface area (Å²) in [5.41, 5.74) is 2.96. The summed E-state index contributed by atoms with van der Waals surface area (Å²) in [6.07, 6.45) is 1.12. The molecule has 0 aliphatic rings. The zero-order chi connectivity index (χ0) is 12.9. The Morgan fingerprint density at radius 1 is 1.18 bits per heavy atom. The Kier molecular flexibility index (Phi) is 5.16. The first-order chi connectivity index (χ1) is 7.95. The summed E-state index contributed by atoms with van der Waals surface area (Å²) in [6.45, 7) is 8.79. The van der Waals surface area contributed by atoms with Crippen LogP contribution in [-0.4, -0.2) is 37.6 Å². The molecule has 1 aromatic carbocycles. The van der Waals surface area contributed by atoms with Crippen molar-refractivity contribution < 1.29 is 0 Å². The minimum absolute atomic E-state index is 0.208. The smallest absolute Gasteiger partial charge is 0.0274 e. The lowest BCUT2D eigenvalue weighted by Crippen LogP contribution is -2.48. The standard InChI is InChI=1S/C15H26N2/c1-13-6-8-14(9-7-13)10-11-17(5)15(2,3)12-16-4/h6-9,16H,10-12H2,1-5H3. The Morgan fingerprint density at radius 2 is 1.76 bits per heavy atom. The first kappa shape index (κ1) is 14.2. The average Bonchev–Trinajstić information content (AvgIpc) is 2.27. The third-order valence-electron chi connectivity index (χ3n) is 3.50. The molecule has 0 radical (unpaired) electrons. The Bertz CT molecular complexity index is 327. The van der Waals surface area contributed by atoms with Gasteiger partial charge < -0.3 is 5.32 Å². The van der Waals surface area contributed by atoms with E-state index in [1.54, 1.807) is 0 Å². The van der Waals surface area contributed by atoms with Crippen LogP contribution in [0.25, 0.3) is 0 Å². The maximum atomic E-state index is 3.25. The number of nitrogens with zero attached hydrogens (tertiary/aromatic N) is 1. The van der Waals surface area contributed by atoms with E-state index in [1.807, 2.05) is 7.05 Å². The lowest BCUT2D eigenvalue weighted by molar-refractivity contribution is 0.157. The van der Waals surface area contributed by atoms with Crippen LogP contribution in [0.4, 0.5) is 0 Å². The molecule has 0 saturated carbocycles. The molecule has 96 valence electrons. The average molecular weight is 234 g/mol. The number of benzene rings is 1. The highest BCUT2D eigenvalue weighted by Gasteiger charge is 2.21. The summed E-state index contributed by atoms with van der Waals surface area (Å²) in [4.78, 5) is 2.42. The molecular formula is C15H26N2. The largest absolute Gasteiger partial charge is 0.318 e. The Morgan fingerprint density at radius 3 is 2.29 bits per heavy atom. The SMILES string of the molecule is CNCC(C)(C)N(C)CCc1ccc(C)cc1. The van der Waals surface area contributed by atoms with Crippen molar-refractivity contribution in [2.45, 2.75) is 32.7 Å². The lowest BCUT2D eigenvalue weighted by atomic mass is 10.0. The van der Waals surface area contributed by atoms with Gasteiger partial charge in [-0.1, -0.05) is 29.8 Å². The topological polar surface area (TPSA) is 15.3 Å². The number of hydrogen-bond donors (Lipinski definition) is 1. The van der Waals surface area contributed by atoms with Crippen LogP contribution in [0.15, 0.2) is 24.3 Å². The van der Waals surface area contributed by atoms with Gasteiger partial charge in [-0.05, 0) is 46.9 Å². The van der Waals surface area contributed by atoms with Crippen molar-refractivity contribution in [3.8, 4) is 0 Å². The molecule has 0 fully saturated rings. The van der Waals surface area contributed by atoms with Gasteiger partial charge >= 0.3 is 0 Å². The van der Waals surface area contributed by atoms with E-state index in [-0.39, 0.29) is 5.54 Å². The summed E-state index contributed by atoms with van der Waals surface area (Å²) >= 11 is 0. The normalized spacial score (nSPS) is 12.1. The van der Waals surface area contributed by atoms with Crippen molar-refractivity contribution in [3.63, 3.8) is 0 Å². The molecule has 0 spiro atoms. The number of nitrogens with one attached hydrogen (secondary N) is 1. The Labute approximate surface area is 106 Å². The second-order valence-corrected chi connectivity index (χ2v) is 5.50. The minimum atomic E-state index is 0.208. The number of hydrogen-bond acceptors (Lipinski definition) is 2. The molecule has 0 amide bonds. The van der Waals surface area contributed by atoms with E-state index in [2.05, 4.69) is 62.3 Å². The fraction of sp³-hybridized carbons (Fsp3) is 0.600. The first-order valence-electron chi connectivity index (χ1n) is 6.37. The van der Waals surface area contributed by atoms with Crippen LogP contribution < -0.4 is 5.32 Å². The van der Waals surface area contributed by atoms with Gasteiger partial charge in [-0.25, -0.2) is 0 Å². The monoisotopic (exact) mass is 234 g/mol. The highest BCUT2D eigenvalue weighted by atomic mass is 15.2. The van der Waals surface area contributed by atoms with Gasteiger partial charge in [0, 0.05) is 18.6 Å². The van der Waals surface area contributed by atoms with Crippen LogP contribution in [0, 0.1) is 6.92 Å². The van der Waals surface area contributed by atoms with Gasteiger partial charge in [0.1, 0.15) is 0 Å². The Hall–Kier alpha value is -0.860. The number of aryl methyl sites for hydroxylation is 1. The molecule has 0 bridgehead atoms. The summed E-state index contributed by atoms with van der Waals surface area (Å²) in [5.74, 6) is 0. The molecule has 1 aromatic rings. The van der Waals surface area contributed by atoms with Gasteiger partial charge in [-0.15, -0.1) is 0 Å². The summed E-state index contributed by atoms with van der Waals surface area (Å²) in [6, 6.07) is 8.84. The molecule has 0 unspecified atom stereocenters. The first-order valence-corrected chi connectivity index (χ1v) is 6.37. The number of likely N-dealkylation sites (N-methyl/N-ethyl adjacent to an activating group) is 2. The lowest BCUT2D eigenvalue weighted by Gasteiger charge is -2.35. The maximum Gasteiger partial charge on any atom is 0.0274 e. The van der Waals surface area contributed by atoms with Crippen molar-refractivity contribution in [2.75, 3.05) is 27.2 Å². The van der Waals surface area contributed by atoms with E-state index in [4.69, 9.17) is 0 Å². The fourth-order valence-corrected chi connectivity index (χ4v) is 1.92. The molecule has 0 heterocycles. The Balaban J connectivity index is 2.47. The molecule has 2 heteroatoms. The van der Waals surface area contributed by atoms with Crippen LogP contribution in [-0.2, 0) is 6.42 Å². The van der Waals surface area contributed by atoms with Crippen LogP contribution in [0.5, 0.6) is 0 Å².